The quantitative estimate of drug-likeness (QED) is 0.441. The van der Waals surface area contributed by atoms with Crippen LogP contribution in [0.15, 0.2) is 72.9 Å². The van der Waals surface area contributed by atoms with Crippen LogP contribution in [0.2, 0.25) is 5.02 Å². The molecule has 1 aliphatic rings. The van der Waals surface area contributed by atoms with Gasteiger partial charge in [-0.05, 0) is 68.3 Å². The second kappa shape index (κ2) is 9.37. The summed E-state index contributed by atoms with van der Waals surface area (Å²) in [5.74, 6) is 0.574. The lowest BCUT2D eigenvalue weighted by atomic mass is 10.1. The van der Waals surface area contributed by atoms with E-state index in [2.05, 4.69) is 16.0 Å². The number of ether oxygens (including phenoxy) is 1. The molecule has 0 saturated heterocycles. The summed E-state index contributed by atoms with van der Waals surface area (Å²) in [5.41, 5.74) is 5.05. The van der Waals surface area contributed by atoms with Crippen molar-refractivity contribution in [1.29, 1.82) is 0 Å². The van der Waals surface area contributed by atoms with Crippen molar-refractivity contribution in [2.75, 3.05) is 5.32 Å². The molecule has 3 aromatic rings. The van der Waals surface area contributed by atoms with E-state index in [9.17, 15) is 4.79 Å². The van der Waals surface area contributed by atoms with Gasteiger partial charge in [0.05, 0.1) is 11.8 Å². The zero-order valence-electron chi connectivity index (χ0n) is 18.3. The SMILES string of the molecule is Cc1cc(OC(C)C)ccc1C(=O)Nc1ccc(Cl)c(C2NC=C(c3ccccc3)N2)c1. The topological polar surface area (TPSA) is 62.4 Å². The predicted molar refractivity (Wildman–Crippen MR) is 130 cm³/mol. The summed E-state index contributed by atoms with van der Waals surface area (Å²) in [7, 11) is 0. The Bertz CT molecular complexity index is 1160. The first-order valence-electron chi connectivity index (χ1n) is 10.6. The molecule has 1 unspecified atom stereocenters. The largest absolute Gasteiger partial charge is 0.491 e. The molecule has 3 N–H and O–H groups in total. The average Bonchev–Trinajstić information content (AvgIpc) is 3.25. The minimum atomic E-state index is -0.191. The van der Waals surface area contributed by atoms with Gasteiger partial charge < -0.3 is 20.7 Å². The predicted octanol–water partition coefficient (Wildman–Crippen LogP) is 5.88. The van der Waals surface area contributed by atoms with E-state index in [1.807, 2.05) is 75.5 Å². The fourth-order valence-electron chi connectivity index (χ4n) is 3.63. The Morgan fingerprint density at radius 1 is 1.06 bits per heavy atom. The van der Waals surface area contributed by atoms with Gasteiger partial charge in [-0.3, -0.25) is 4.79 Å². The summed E-state index contributed by atoms with van der Waals surface area (Å²) in [4.78, 5) is 12.9. The van der Waals surface area contributed by atoms with E-state index in [1.165, 1.54) is 0 Å². The molecule has 0 aliphatic carbocycles. The number of amides is 1. The number of anilines is 1. The van der Waals surface area contributed by atoms with Gasteiger partial charge in [0, 0.05) is 28.0 Å². The monoisotopic (exact) mass is 447 g/mol. The summed E-state index contributed by atoms with van der Waals surface area (Å²) in [6.07, 6.45) is 1.83. The number of rotatable bonds is 6. The van der Waals surface area contributed by atoms with Crippen molar-refractivity contribution in [3.8, 4) is 5.75 Å². The molecule has 0 radical (unpaired) electrons. The molecule has 1 amide bonds. The number of aryl methyl sites for hydroxylation is 1. The normalized spacial score (nSPS) is 15.0. The lowest BCUT2D eigenvalue weighted by Gasteiger charge is -2.18. The lowest BCUT2D eigenvalue weighted by molar-refractivity contribution is 0.102. The molecule has 0 fully saturated rings. The Morgan fingerprint density at radius 3 is 2.56 bits per heavy atom. The number of carbonyl (C=O) groups is 1. The molecule has 0 spiro atoms. The molecule has 1 aliphatic heterocycles. The van der Waals surface area contributed by atoms with Crippen molar-refractivity contribution >= 4 is 28.9 Å². The van der Waals surface area contributed by atoms with E-state index >= 15 is 0 Å². The minimum absolute atomic E-state index is 0.0799. The molecule has 3 aromatic carbocycles. The Hall–Kier alpha value is -3.44. The number of benzene rings is 3. The van der Waals surface area contributed by atoms with E-state index in [-0.39, 0.29) is 18.2 Å². The van der Waals surface area contributed by atoms with Crippen molar-refractivity contribution < 1.29 is 9.53 Å². The van der Waals surface area contributed by atoms with Gasteiger partial charge >= 0.3 is 0 Å². The molecule has 0 bridgehead atoms. The molecule has 6 heteroatoms. The Kier molecular flexibility index (Phi) is 6.37. The number of nitrogens with one attached hydrogen (secondary N) is 3. The minimum Gasteiger partial charge on any atom is -0.491 e. The van der Waals surface area contributed by atoms with Gasteiger partial charge in [-0.25, -0.2) is 0 Å². The molecular weight excluding hydrogens is 422 g/mol. The fraction of sp³-hybridized carbons (Fsp3) is 0.192. The number of carbonyl (C=O) groups excluding carboxylic acids is 1. The van der Waals surface area contributed by atoms with Crippen LogP contribution in [-0.2, 0) is 0 Å². The van der Waals surface area contributed by atoms with Gasteiger partial charge in [0.1, 0.15) is 11.9 Å². The fourth-order valence-corrected chi connectivity index (χ4v) is 3.86. The third kappa shape index (κ3) is 4.89. The first-order chi connectivity index (χ1) is 15.4. The van der Waals surface area contributed by atoms with E-state index in [4.69, 9.17) is 16.3 Å². The summed E-state index contributed by atoms with van der Waals surface area (Å²) < 4.78 is 5.71. The van der Waals surface area contributed by atoms with Gasteiger partial charge in [0.2, 0.25) is 0 Å². The van der Waals surface area contributed by atoms with Crippen LogP contribution in [0, 0.1) is 6.92 Å². The van der Waals surface area contributed by atoms with Gasteiger partial charge in [-0.2, -0.15) is 0 Å². The van der Waals surface area contributed by atoms with Crippen LogP contribution in [0.5, 0.6) is 5.75 Å². The highest BCUT2D eigenvalue weighted by Crippen LogP contribution is 2.30. The van der Waals surface area contributed by atoms with Crippen LogP contribution in [0.25, 0.3) is 5.70 Å². The van der Waals surface area contributed by atoms with Crippen molar-refractivity contribution in [2.45, 2.75) is 33.0 Å². The van der Waals surface area contributed by atoms with Crippen LogP contribution in [-0.4, -0.2) is 12.0 Å². The standard InChI is InChI=1S/C26H26ClN3O2/c1-16(2)32-20-10-11-21(17(3)13-20)26(31)29-19-9-12-23(27)22(14-19)25-28-15-24(30-25)18-7-5-4-6-8-18/h4-16,25,28,30H,1-3H3,(H,29,31). The molecule has 0 saturated carbocycles. The molecular formula is C26H26ClN3O2. The van der Waals surface area contributed by atoms with Crippen molar-refractivity contribution in [1.82, 2.24) is 10.6 Å². The number of halogens is 1. The zero-order chi connectivity index (χ0) is 22.7. The third-order valence-corrected chi connectivity index (χ3v) is 5.50. The second-order valence-corrected chi connectivity index (χ2v) is 8.41. The van der Waals surface area contributed by atoms with Crippen LogP contribution in [0.1, 0.15) is 47.1 Å². The maximum Gasteiger partial charge on any atom is 0.255 e. The Balaban J connectivity index is 1.48. The second-order valence-electron chi connectivity index (χ2n) is 8.00. The zero-order valence-corrected chi connectivity index (χ0v) is 19.0. The molecule has 1 heterocycles. The van der Waals surface area contributed by atoms with Crippen molar-refractivity contribution in [2.24, 2.45) is 0 Å². The summed E-state index contributed by atoms with van der Waals surface area (Å²) in [6.45, 7) is 5.85. The number of hydrogen-bond acceptors (Lipinski definition) is 4. The maximum absolute atomic E-state index is 12.9. The lowest BCUT2D eigenvalue weighted by Crippen LogP contribution is -2.23. The Labute approximate surface area is 193 Å². The van der Waals surface area contributed by atoms with Gasteiger partial charge in [0.15, 0.2) is 0 Å². The first-order valence-corrected chi connectivity index (χ1v) is 10.9. The maximum atomic E-state index is 12.9. The smallest absolute Gasteiger partial charge is 0.255 e. The third-order valence-electron chi connectivity index (χ3n) is 5.16. The van der Waals surface area contributed by atoms with Crippen molar-refractivity contribution in [3.05, 3.63) is 100 Å². The van der Waals surface area contributed by atoms with E-state index < -0.39 is 0 Å². The first kappa shape index (κ1) is 21.8. The molecule has 0 aromatic heterocycles. The summed E-state index contributed by atoms with van der Waals surface area (Å²) in [6, 6.07) is 21.0. The Morgan fingerprint density at radius 2 is 1.84 bits per heavy atom. The highest BCUT2D eigenvalue weighted by atomic mass is 35.5. The summed E-state index contributed by atoms with van der Waals surface area (Å²) in [5, 5.41) is 10.4. The molecule has 1 atom stereocenters. The van der Waals surface area contributed by atoms with E-state index in [1.54, 1.807) is 18.2 Å². The van der Waals surface area contributed by atoms with E-state index in [0.717, 1.165) is 28.1 Å². The molecule has 32 heavy (non-hydrogen) atoms. The van der Waals surface area contributed by atoms with Gasteiger partial charge in [-0.15, -0.1) is 0 Å². The highest BCUT2D eigenvalue weighted by molar-refractivity contribution is 6.31. The van der Waals surface area contributed by atoms with Crippen molar-refractivity contribution in [3.63, 3.8) is 0 Å². The highest BCUT2D eigenvalue weighted by Gasteiger charge is 2.21. The van der Waals surface area contributed by atoms with Crippen LogP contribution < -0.4 is 20.7 Å². The van der Waals surface area contributed by atoms with E-state index in [0.29, 0.717) is 16.3 Å². The molecule has 4 rings (SSSR count). The molecule has 5 nitrogen and oxygen atoms in total. The van der Waals surface area contributed by atoms with Crippen LogP contribution in [0.3, 0.4) is 0 Å². The van der Waals surface area contributed by atoms with Crippen LogP contribution in [0.4, 0.5) is 5.69 Å². The number of hydrogen-bond donors (Lipinski definition) is 3. The molecule has 164 valence electrons. The summed E-state index contributed by atoms with van der Waals surface area (Å²) >= 11 is 6.48. The van der Waals surface area contributed by atoms with Gasteiger partial charge in [0.25, 0.3) is 5.91 Å². The average molecular weight is 448 g/mol. The van der Waals surface area contributed by atoms with Gasteiger partial charge in [-0.1, -0.05) is 41.9 Å². The van der Waals surface area contributed by atoms with Crippen LogP contribution >= 0.6 is 11.6 Å².